The summed E-state index contributed by atoms with van der Waals surface area (Å²) in [5.41, 5.74) is 1.13. The van der Waals surface area contributed by atoms with Crippen LogP contribution in [0.2, 0.25) is 0 Å². The first-order valence-corrected chi connectivity index (χ1v) is 9.68. The number of likely N-dealkylation sites (tertiary alicyclic amines) is 1. The van der Waals surface area contributed by atoms with E-state index in [1.165, 1.54) is 5.39 Å². The second-order valence-corrected chi connectivity index (χ2v) is 7.21. The van der Waals surface area contributed by atoms with Crippen molar-refractivity contribution < 1.29 is 9.59 Å². The topological polar surface area (TPSA) is 67.2 Å². The summed E-state index contributed by atoms with van der Waals surface area (Å²) in [6.45, 7) is 3.35. The molecule has 1 aliphatic rings. The molecule has 1 fully saturated rings. The minimum absolute atomic E-state index is 0.0788. The normalized spacial score (nSPS) is 16.7. The van der Waals surface area contributed by atoms with Gasteiger partial charge in [-0.25, -0.2) is 4.98 Å². The Hall–Kier alpha value is -3.15. The van der Waals surface area contributed by atoms with Crippen molar-refractivity contribution in [2.75, 3.05) is 6.54 Å². The van der Waals surface area contributed by atoms with Gasteiger partial charge in [0.25, 0.3) is 0 Å². The van der Waals surface area contributed by atoms with Crippen molar-refractivity contribution in [3.05, 3.63) is 66.2 Å². The van der Waals surface area contributed by atoms with Crippen LogP contribution in [0.3, 0.4) is 0 Å². The van der Waals surface area contributed by atoms with E-state index in [0.717, 1.165) is 23.2 Å². The van der Waals surface area contributed by atoms with Crippen molar-refractivity contribution in [1.29, 1.82) is 0 Å². The molecule has 1 aliphatic heterocycles. The molecule has 4 rings (SSSR count). The summed E-state index contributed by atoms with van der Waals surface area (Å²) in [7, 11) is 0. The van der Waals surface area contributed by atoms with Crippen LogP contribution in [-0.4, -0.2) is 38.9 Å². The SMILES string of the molecule is CCc1nccn1CC(=O)N[C@@H]1CC(=O)N(Cc2cccc3ccccc23)C1. The van der Waals surface area contributed by atoms with Crippen LogP contribution in [-0.2, 0) is 29.1 Å². The Morgan fingerprint density at radius 1 is 1.21 bits per heavy atom. The minimum atomic E-state index is -0.149. The van der Waals surface area contributed by atoms with Gasteiger partial charge >= 0.3 is 0 Å². The molecule has 0 unspecified atom stereocenters. The molecular formula is C22H24N4O2. The maximum absolute atomic E-state index is 12.5. The van der Waals surface area contributed by atoms with Crippen molar-refractivity contribution in [3.63, 3.8) is 0 Å². The number of carbonyl (C=O) groups excluding carboxylic acids is 2. The molecule has 28 heavy (non-hydrogen) atoms. The van der Waals surface area contributed by atoms with Crippen LogP contribution in [0.25, 0.3) is 10.8 Å². The third kappa shape index (κ3) is 3.76. The molecule has 0 aliphatic carbocycles. The molecule has 6 nitrogen and oxygen atoms in total. The van der Waals surface area contributed by atoms with Crippen molar-refractivity contribution in [1.82, 2.24) is 19.8 Å². The molecule has 0 bridgehead atoms. The maximum atomic E-state index is 12.5. The molecule has 2 heterocycles. The van der Waals surface area contributed by atoms with Gasteiger partial charge in [0.15, 0.2) is 0 Å². The zero-order valence-electron chi connectivity index (χ0n) is 16.0. The highest BCUT2D eigenvalue weighted by molar-refractivity contribution is 5.87. The van der Waals surface area contributed by atoms with Gasteiger partial charge in [0.2, 0.25) is 11.8 Å². The summed E-state index contributed by atoms with van der Waals surface area (Å²) in [5.74, 6) is 0.878. The van der Waals surface area contributed by atoms with Crippen LogP contribution in [0, 0.1) is 0 Å². The number of nitrogens with zero attached hydrogens (tertiary/aromatic N) is 3. The van der Waals surface area contributed by atoms with E-state index < -0.39 is 0 Å². The first kappa shape index (κ1) is 18.2. The van der Waals surface area contributed by atoms with E-state index >= 15 is 0 Å². The molecule has 2 amide bonds. The van der Waals surface area contributed by atoms with Crippen molar-refractivity contribution in [3.8, 4) is 0 Å². The lowest BCUT2D eigenvalue weighted by Crippen LogP contribution is -2.39. The number of rotatable bonds is 6. The number of amides is 2. The quantitative estimate of drug-likeness (QED) is 0.719. The molecule has 144 valence electrons. The zero-order valence-corrected chi connectivity index (χ0v) is 16.0. The smallest absolute Gasteiger partial charge is 0.240 e. The van der Waals surface area contributed by atoms with Crippen molar-refractivity contribution in [2.45, 2.75) is 38.9 Å². The number of benzene rings is 2. The number of imidazole rings is 1. The van der Waals surface area contributed by atoms with Gasteiger partial charge in [0.1, 0.15) is 12.4 Å². The molecule has 2 aromatic carbocycles. The first-order valence-electron chi connectivity index (χ1n) is 9.68. The molecule has 1 atom stereocenters. The predicted molar refractivity (Wildman–Crippen MR) is 108 cm³/mol. The van der Waals surface area contributed by atoms with Crippen LogP contribution in [0.15, 0.2) is 54.9 Å². The number of carbonyl (C=O) groups is 2. The van der Waals surface area contributed by atoms with Crippen LogP contribution in [0.1, 0.15) is 24.7 Å². The van der Waals surface area contributed by atoms with Crippen molar-refractivity contribution in [2.24, 2.45) is 0 Å². The molecule has 1 N–H and O–H groups in total. The Balaban J connectivity index is 1.39. The van der Waals surface area contributed by atoms with Gasteiger partial charge in [-0.3, -0.25) is 9.59 Å². The Kier molecular flexibility index (Phi) is 5.10. The van der Waals surface area contributed by atoms with E-state index in [2.05, 4.69) is 34.6 Å². The third-order valence-electron chi connectivity index (χ3n) is 5.25. The van der Waals surface area contributed by atoms with E-state index in [4.69, 9.17) is 0 Å². The summed E-state index contributed by atoms with van der Waals surface area (Å²) >= 11 is 0. The number of hydrogen-bond acceptors (Lipinski definition) is 3. The lowest BCUT2D eigenvalue weighted by Gasteiger charge is -2.18. The standard InChI is InChI=1S/C22H24N4O2/c1-2-20-23-10-11-25(20)15-21(27)24-18-12-22(28)26(14-18)13-17-8-5-7-16-6-3-4-9-19(16)17/h3-11,18H,2,12-15H2,1H3,(H,24,27)/t18-/m1/s1. The monoisotopic (exact) mass is 376 g/mol. The molecular weight excluding hydrogens is 352 g/mol. The minimum Gasteiger partial charge on any atom is -0.350 e. The molecule has 6 heteroatoms. The fourth-order valence-corrected chi connectivity index (χ4v) is 3.88. The Morgan fingerprint density at radius 3 is 2.89 bits per heavy atom. The fourth-order valence-electron chi connectivity index (χ4n) is 3.88. The first-order chi connectivity index (χ1) is 13.6. The van der Waals surface area contributed by atoms with E-state index in [9.17, 15) is 9.59 Å². The number of hydrogen-bond donors (Lipinski definition) is 1. The van der Waals surface area contributed by atoms with E-state index in [-0.39, 0.29) is 24.4 Å². The van der Waals surface area contributed by atoms with E-state index in [1.54, 1.807) is 6.20 Å². The van der Waals surface area contributed by atoms with Gasteiger partial charge < -0.3 is 14.8 Å². The lowest BCUT2D eigenvalue weighted by atomic mass is 10.0. The second kappa shape index (κ2) is 7.84. The largest absolute Gasteiger partial charge is 0.350 e. The Bertz CT molecular complexity index is 1010. The van der Waals surface area contributed by atoms with Crippen LogP contribution in [0.5, 0.6) is 0 Å². The van der Waals surface area contributed by atoms with Gasteiger partial charge in [-0.15, -0.1) is 0 Å². The van der Waals surface area contributed by atoms with Gasteiger partial charge in [-0.2, -0.15) is 0 Å². The lowest BCUT2D eigenvalue weighted by molar-refractivity contribution is -0.128. The summed E-state index contributed by atoms with van der Waals surface area (Å²) in [6, 6.07) is 14.2. The number of nitrogens with one attached hydrogen (secondary N) is 1. The highest BCUT2D eigenvalue weighted by Crippen LogP contribution is 2.22. The van der Waals surface area contributed by atoms with Crippen LogP contribution >= 0.6 is 0 Å². The molecule has 0 saturated carbocycles. The highest BCUT2D eigenvalue weighted by atomic mass is 16.2. The van der Waals surface area contributed by atoms with Crippen molar-refractivity contribution >= 4 is 22.6 Å². The molecule has 1 aromatic heterocycles. The number of fused-ring (bicyclic) bond motifs is 1. The molecule has 0 radical (unpaired) electrons. The molecule has 1 saturated heterocycles. The highest BCUT2D eigenvalue weighted by Gasteiger charge is 2.30. The third-order valence-corrected chi connectivity index (χ3v) is 5.25. The Morgan fingerprint density at radius 2 is 2.04 bits per heavy atom. The van der Waals surface area contributed by atoms with E-state index in [0.29, 0.717) is 19.5 Å². The maximum Gasteiger partial charge on any atom is 0.240 e. The average Bonchev–Trinajstić information content (AvgIpc) is 3.28. The molecule has 0 spiro atoms. The summed E-state index contributed by atoms with van der Waals surface area (Å²) in [6.07, 6.45) is 4.64. The van der Waals surface area contributed by atoms with Gasteiger partial charge in [-0.05, 0) is 16.3 Å². The zero-order chi connectivity index (χ0) is 19.5. The predicted octanol–water partition coefficient (Wildman–Crippen LogP) is 2.52. The van der Waals surface area contributed by atoms with Crippen LogP contribution < -0.4 is 5.32 Å². The fraction of sp³-hybridized carbons (Fsp3) is 0.318. The Labute approximate surface area is 164 Å². The average molecular weight is 376 g/mol. The molecule has 3 aromatic rings. The van der Waals surface area contributed by atoms with Crippen LogP contribution in [0.4, 0.5) is 0 Å². The summed E-state index contributed by atoms with van der Waals surface area (Å²) < 4.78 is 1.85. The van der Waals surface area contributed by atoms with Gasteiger partial charge in [-0.1, -0.05) is 49.4 Å². The second-order valence-electron chi connectivity index (χ2n) is 7.21. The summed E-state index contributed by atoms with van der Waals surface area (Å²) in [5, 5.41) is 5.34. The van der Waals surface area contributed by atoms with Gasteiger partial charge in [0, 0.05) is 38.3 Å². The van der Waals surface area contributed by atoms with E-state index in [1.807, 2.05) is 40.8 Å². The number of aryl methyl sites for hydroxylation is 1. The van der Waals surface area contributed by atoms with Gasteiger partial charge in [0.05, 0.1) is 6.04 Å². The number of aromatic nitrogens is 2. The summed E-state index contributed by atoms with van der Waals surface area (Å²) in [4.78, 5) is 30.9.